The standard InChI is InChI=1S/C16H9F3N2O3/c17-16(18,19)13-4-2-11(3-5-13)12(9-20)7-10-1-6-15(22)14(8-10)21(23)24/h1-8,22H/b12-7-. The molecule has 8 heteroatoms. The maximum absolute atomic E-state index is 12.5. The maximum Gasteiger partial charge on any atom is 0.416 e. The van der Waals surface area contributed by atoms with Crippen LogP contribution in [-0.4, -0.2) is 10.0 Å². The third-order valence-corrected chi connectivity index (χ3v) is 3.15. The molecule has 2 rings (SSSR count). The third-order valence-electron chi connectivity index (χ3n) is 3.15. The quantitative estimate of drug-likeness (QED) is 0.390. The van der Waals surface area contributed by atoms with E-state index in [1.54, 1.807) is 0 Å². The lowest BCUT2D eigenvalue weighted by Gasteiger charge is -2.07. The minimum Gasteiger partial charge on any atom is -0.502 e. The summed E-state index contributed by atoms with van der Waals surface area (Å²) in [6.45, 7) is 0. The summed E-state index contributed by atoms with van der Waals surface area (Å²) in [5, 5.41) is 29.3. The Labute approximate surface area is 134 Å². The van der Waals surface area contributed by atoms with Crippen molar-refractivity contribution in [1.29, 1.82) is 5.26 Å². The summed E-state index contributed by atoms with van der Waals surface area (Å²) in [7, 11) is 0. The van der Waals surface area contributed by atoms with E-state index in [1.165, 1.54) is 12.1 Å². The number of nitro groups is 1. The van der Waals surface area contributed by atoms with Crippen LogP contribution < -0.4 is 0 Å². The van der Waals surface area contributed by atoms with Gasteiger partial charge in [-0.25, -0.2) is 0 Å². The lowest BCUT2D eigenvalue weighted by Crippen LogP contribution is -2.04. The van der Waals surface area contributed by atoms with E-state index in [0.29, 0.717) is 0 Å². The Morgan fingerprint density at radius 1 is 1.21 bits per heavy atom. The molecule has 0 spiro atoms. The molecule has 0 aliphatic heterocycles. The molecule has 0 amide bonds. The molecule has 0 aliphatic rings. The highest BCUT2D eigenvalue weighted by molar-refractivity contribution is 5.90. The highest BCUT2D eigenvalue weighted by atomic mass is 19.4. The topological polar surface area (TPSA) is 87.2 Å². The van der Waals surface area contributed by atoms with E-state index in [-0.39, 0.29) is 16.7 Å². The van der Waals surface area contributed by atoms with Gasteiger partial charge in [0, 0.05) is 6.07 Å². The van der Waals surface area contributed by atoms with Crippen LogP contribution in [0.2, 0.25) is 0 Å². The number of nitrogens with zero attached hydrogens (tertiary/aromatic N) is 2. The largest absolute Gasteiger partial charge is 0.502 e. The zero-order valence-corrected chi connectivity index (χ0v) is 11.9. The van der Waals surface area contributed by atoms with Gasteiger partial charge in [0.15, 0.2) is 5.75 Å². The summed E-state index contributed by atoms with van der Waals surface area (Å²) in [5.74, 6) is -0.523. The van der Waals surface area contributed by atoms with Crippen molar-refractivity contribution >= 4 is 17.3 Å². The summed E-state index contributed by atoms with van der Waals surface area (Å²) in [6, 6.07) is 9.34. The van der Waals surface area contributed by atoms with Gasteiger partial charge in [-0.2, -0.15) is 18.4 Å². The van der Waals surface area contributed by atoms with E-state index in [0.717, 1.165) is 36.4 Å². The molecule has 24 heavy (non-hydrogen) atoms. The Kier molecular flexibility index (Phi) is 4.55. The molecule has 2 aromatic carbocycles. The number of phenols is 1. The van der Waals surface area contributed by atoms with E-state index in [2.05, 4.69) is 0 Å². The third kappa shape index (κ3) is 3.70. The lowest BCUT2D eigenvalue weighted by atomic mass is 10.0. The molecule has 0 atom stereocenters. The first-order valence-electron chi connectivity index (χ1n) is 6.49. The number of hydrogen-bond acceptors (Lipinski definition) is 4. The van der Waals surface area contributed by atoms with Crippen LogP contribution in [0.1, 0.15) is 16.7 Å². The van der Waals surface area contributed by atoms with E-state index >= 15 is 0 Å². The number of alkyl halides is 3. The SMILES string of the molecule is N#C/C(=C/c1ccc(O)c([N+](=O)[O-])c1)c1ccc(C(F)(F)F)cc1. The molecular weight excluding hydrogens is 325 g/mol. The number of rotatable bonds is 3. The van der Waals surface area contributed by atoms with Crippen LogP contribution in [-0.2, 0) is 6.18 Å². The number of nitro benzene ring substituents is 1. The average Bonchev–Trinajstić information content (AvgIpc) is 2.53. The highest BCUT2D eigenvalue weighted by Crippen LogP contribution is 2.31. The predicted molar refractivity (Wildman–Crippen MR) is 79.7 cm³/mol. The predicted octanol–water partition coefficient (Wildman–Crippen LogP) is 4.38. The molecule has 0 aromatic heterocycles. The van der Waals surface area contributed by atoms with Crippen LogP contribution in [0.4, 0.5) is 18.9 Å². The van der Waals surface area contributed by atoms with Crippen molar-refractivity contribution in [3.63, 3.8) is 0 Å². The van der Waals surface area contributed by atoms with Gasteiger partial charge in [-0.05, 0) is 35.4 Å². The average molecular weight is 334 g/mol. The molecule has 5 nitrogen and oxygen atoms in total. The molecule has 0 fully saturated rings. The van der Waals surface area contributed by atoms with Gasteiger partial charge in [0.25, 0.3) is 0 Å². The Bertz CT molecular complexity index is 850. The van der Waals surface area contributed by atoms with Gasteiger partial charge in [0.05, 0.1) is 22.1 Å². The van der Waals surface area contributed by atoms with E-state index in [9.17, 15) is 33.7 Å². The fourth-order valence-corrected chi connectivity index (χ4v) is 1.96. The number of benzene rings is 2. The Balaban J connectivity index is 2.42. The van der Waals surface area contributed by atoms with Gasteiger partial charge in [-0.3, -0.25) is 10.1 Å². The van der Waals surface area contributed by atoms with Crippen LogP contribution >= 0.6 is 0 Å². The Hall–Kier alpha value is -3.34. The molecule has 1 N–H and O–H groups in total. The lowest BCUT2D eigenvalue weighted by molar-refractivity contribution is -0.385. The summed E-state index contributed by atoms with van der Waals surface area (Å²) in [5.41, 5.74) is -0.849. The van der Waals surface area contributed by atoms with Crippen molar-refractivity contribution < 1.29 is 23.2 Å². The van der Waals surface area contributed by atoms with Crippen molar-refractivity contribution in [3.05, 3.63) is 69.3 Å². The zero-order chi connectivity index (χ0) is 17.9. The first-order chi connectivity index (χ1) is 11.2. The monoisotopic (exact) mass is 334 g/mol. The number of halogens is 3. The van der Waals surface area contributed by atoms with E-state index < -0.39 is 28.1 Å². The van der Waals surface area contributed by atoms with Gasteiger partial charge in [-0.1, -0.05) is 18.2 Å². The number of nitriles is 1. The number of phenolic OH excluding ortho intramolecular Hbond substituents is 1. The fourth-order valence-electron chi connectivity index (χ4n) is 1.96. The van der Waals surface area contributed by atoms with Crippen LogP contribution in [0.3, 0.4) is 0 Å². The molecule has 0 bridgehead atoms. The first kappa shape index (κ1) is 17.0. The van der Waals surface area contributed by atoms with Crippen LogP contribution in [0, 0.1) is 21.4 Å². The van der Waals surface area contributed by atoms with Gasteiger partial charge >= 0.3 is 11.9 Å². The molecule has 0 aliphatic carbocycles. The first-order valence-corrected chi connectivity index (χ1v) is 6.49. The summed E-state index contributed by atoms with van der Waals surface area (Å²) in [6.07, 6.45) is -3.19. The second kappa shape index (κ2) is 6.42. The second-order valence-electron chi connectivity index (χ2n) is 4.75. The molecule has 0 radical (unpaired) electrons. The normalized spacial score (nSPS) is 11.8. The maximum atomic E-state index is 12.5. The summed E-state index contributed by atoms with van der Waals surface area (Å²) >= 11 is 0. The molecule has 122 valence electrons. The molecular formula is C16H9F3N2O3. The van der Waals surface area contributed by atoms with Crippen molar-refractivity contribution in [2.45, 2.75) is 6.18 Å². The Morgan fingerprint density at radius 3 is 2.33 bits per heavy atom. The van der Waals surface area contributed by atoms with Crippen LogP contribution in [0.25, 0.3) is 11.6 Å². The fraction of sp³-hybridized carbons (Fsp3) is 0.0625. The molecule has 2 aromatic rings. The minimum atomic E-state index is -4.48. The minimum absolute atomic E-state index is 0.0312. The molecule has 0 heterocycles. The highest BCUT2D eigenvalue weighted by Gasteiger charge is 2.30. The molecule has 0 unspecified atom stereocenters. The zero-order valence-electron chi connectivity index (χ0n) is 11.9. The number of aromatic hydroxyl groups is 1. The van der Waals surface area contributed by atoms with Crippen LogP contribution in [0.15, 0.2) is 42.5 Å². The second-order valence-corrected chi connectivity index (χ2v) is 4.75. The van der Waals surface area contributed by atoms with E-state index in [4.69, 9.17) is 0 Å². The summed E-state index contributed by atoms with van der Waals surface area (Å²) < 4.78 is 37.6. The van der Waals surface area contributed by atoms with Crippen molar-refractivity contribution in [2.75, 3.05) is 0 Å². The molecule has 0 saturated heterocycles. The van der Waals surface area contributed by atoms with E-state index in [1.807, 2.05) is 6.07 Å². The van der Waals surface area contributed by atoms with Gasteiger partial charge in [-0.15, -0.1) is 0 Å². The van der Waals surface area contributed by atoms with Crippen LogP contribution in [0.5, 0.6) is 5.75 Å². The van der Waals surface area contributed by atoms with Crippen molar-refractivity contribution in [2.24, 2.45) is 0 Å². The molecule has 0 saturated carbocycles. The van der Waals surface area contributed by atoms with Gasteiger partial charge < -0.3 is 5.11 Å². The van der Waals surface area contributed by atoms with Gasteiger partial charge in [0.1, 0.15) is 0 Å². The smallest absolute Gasteiger partial charge is 0.416 e. The number of allylic oxidation sites excluding steroid dienone is 1. The van der Waals surface area contributed by atoms with Crippen molar-refractivity contribution in [1.82, 2.24) is 0 Å². The summed E-state index contributed by atoms with van der Waals surface area (Å²) in [4.78, 5) is 10.0. The number of hydrogen-bond donors (Lipinski definition) is 1. The van der Waals surface area contributed by atoms with Gasteiger partial charge in [0.2, 0.25) is 0 Å². The van der Waals surface area contributed by atoms with Crippen molar-refractivity contribution in [3.8, 4) is 11.8 Å². The Morgan fingerprint density at radius 2 is 1.83 bits per heavy atom.